The van der Waals surface area contributed by atoms with Crippen LogP contribution in [0, 0.1) is 13.8 Å². The molecule has 0 heterocycles. The van der Waals surface area contributed by atoms with Crippen molar-refractivity contribution < 1.29 is 4.79 Å². The summed E-state index contributed by atoms with van der Waals surface area (Å²) >= 11 is 0. The van der Waals surface area contributed by atoms with Crippen molar-refractivity contribution in [2.24, 2.45) is 0 Å². The van der Waals surface area contributed by atoms with Crippen molar-refractivity contribution in [3.8, 4) is 0 Å². The third-order valence-electron chi connectivity index (χ3n) is 2.77. The standard InChI is InChI=1S/C14H19NO/c1-5-9-15(6-2)14(16)13-8-7-11(3)12(4)10-13/h5,7-8,10H,1,6,9H2,2-4H3. The van der Waals surface area contributed by atoms with Gasteiger partial charge in [0.05, 0.1) is 0 Å². The molecule has 2 heteroatoms. The first-order valence-corrected chi connectivity index (χ1v) is 5.57. The van der Waals surface area contributed by atoms with Gasteiger partial charge in [-0.25, -0.2) is 0 Å². The van der Waals surface area contributed by atoms with Crippen LogP contribution in [-0.4, -0.2) is 23.9 Å². The number of hydrogen-bond acceptors (Lipinski definition) is 1. The number of carbonyl (C=O) groups excluding carboxylic acids is 1. The maximum atomic E-state index is 12.1. The molecule has 0 bridgehead atoms. The average Bonchev–Trinajstić information content (AvgIpc) is 2.28. The Labute approximate surface area is 97.6 Å². The molecule has 0 aliphatic heterocycles. The van der Waals surface area contributed by atoms with Crippen LogP contribution in [0.1, 0.15) is 28.4 Å². The Morgan fingerprint density at radius 3 is 2.56 bits per heavy atom. The molecule has 0 radical (unpaired) electrons. The fraction of sp³-hybridized carbons (Fsp3) is 0.357. The fourth-order valence-electron chi connectivity index (χ4n) is 1.57. The van der Waals surface area contributed by atoms with E-state index in [9.17, 15) is 4.79 Å². The average molecular weight is 217 g/mol. The van der Waals surface area contributed by atoms with Gasteiger partial charge in [-0.3, -0.25) is 4.79 Å². The first kappa shape index (κ1) is 12.5. The third kappa shape index (κ3) is 2.72. The molecule has 1 aromatic rings. The van der Waals surface area contributed by atoms with Crippen molar-refractivity contribution in [3.05, 3.63) is 47.5 Å². The van der Waals surface area contributed by atoms with Crippen molar-refractivity contribution >= 4 is 5.91 Å². The predicted molar refractivity (Wildman–Crippen MR) is 67.7 cm³/mol. The number of carbonyl (C=O) groups is 1. The number of aryl methyl sites for hydroxylation is 2. The minimum Gasteiger partial charge on any atom is -0.335 e. The van der Waals surface area contributed by atoms with Crippen LogP contribution in [-0.2, 0) is 0 Å². The summed E-state index contributed by atoms with van der Waals surface area (Å²) in [5.74, 6) is 0.0745. The van der Waals surface area contributed by atoms with Crippen LogP contribution in [0.5, 0.6) is 0 Å². The topological polar surface area (TPSA) is 20.3 Å². The first-order chi connectivity index (χ1) is 7.60. The summed E-state index contributed by atoms with van der Waals surface area (Å²) in [7, 11) is 0. The van der Waals surface area contributed by atoms with Gasteiger partial charge in [-0.2, -0.15) is 0 Å². The number of nitrogens with zero attached hydrogens (tertiary/aromatic N) is 1. The lowest BCUT2D eigenvalue weighted by Crippen LogP contribution is -2.30. The van der Waals surface area contributed by atoms with Crippen molar-refractivity contribution in [2.45, 2.75) is 20.8 Å². The van der Waals surface area contributed by atoms with Crippen molar-refractivity contribution in [1.29, 1.82) is 0 Å². The summed E-state index contributed by atoms with van der Waals surface area (Å²) in [5.41, 5.74) is 3.12. The van der Waals surface area contributed by atoms with E-state index in [0.29, 0.717) is 13.1 Å². The van der Waals surface area contributed by atoms with Crippen molar-refractivity contribution in [1.82, 2.24) is 4.90 Å². The number of benzene rings is 1. The van der Waals surface area contributed by atoms with Crippen molar-refractivity contribution in [2.75, 3.05) is 13.1 Å². The Balaban J connectivity index is 2.94. The molecule has 2 nitrogen and oxygen atoms in total. The Bertz CT molecular complexity index is 396. The highest BCUT2D eigenvalue weighted by Gasteiger charge is 2.12. The van der Waals surface area contributed by atoms with Gasteiger partial charge in [0.1, 0.15) is 0 Å². The highest BCUT2D eigenvalue weighted by molar-refractivity contribution is 5.94. The van der Waals surface area contributed by atoms with E-state index in [1.807, 2.05) is 39.0 Å². The lowest BCUT2D eigenvalue weighted by Gasteiger charge is -2.19. The molecule has 0 fully saturated rings. The monoisotopic (exact) mass is 217 g/mol. The van der Waals surface area contributed by atoms with E-state index in [1.165, 1.54) is 5.56 Å². The molecule has 1 rings (SSSR count). The Hall–Kier alpha value is -1.57. The van der Waals surface area contributed by atoms with Gasteiger partial charge in [0.15, 0.2) is 0 Å². The number of rotatable bonds is 4. The molecule has 0 unspecified atom stereocenters. The molecule has 0 atom stereocenters. The second-order valence-corrected chi connectivity index (χ2v) is 3.93. The lowest BCUT2D eigenvalue weighted by molar-refractivity contribution is 0.0782. The maximum absolute atomic E-state index is 12.1. The zero-order valence-corrected chi connectivity index (χ0v) is 10.3. The van der Waals surface area contributed by atoms with E-state index in [2.05, 4.69) is 6.58 Å². The largest absolute Gasteiger partial charge is 0.335 e. The second kappa shape index (κ2) is 5.50. The van der Waals surface area contributed by atoms with E-state index >= 15 is 0 Å². The number of amides is 1. The van der Waals surface area contributed by atoms with Crippen LogP contribution in [0.2, 0.25) is 0 Å². The molecule has 0 aliphatic carbocycles. The molecule has 0 aliphatic rings. The van der Waals surface area contributed by atoms with Gasteiger partial charge in [-0.15, -0.1) is 6.58 Å². The quantitative estimate of drug-likeness (QED) is 0.710. The smallest absolute Gasteiger partial charge is 0.254 e. The summed E-state index contributed by atoms with van der Waals surface area (Å²) in [6.07, 6.45) is 1.75. The van der Waals surface area contributed by atoms with E-state index in [-0.39, 0.29) is 5.91 Å². The van der Waals surface area contributed by atoms with Gasteiger partial charge in [-0.05, 0) is 44.0 Å². The van der Waals surface area contributed by atoms with E-state index in [4.69, 9.17) is 0 Å². The van der Waals surface area contributed by atoms with E-state index in [0.717, 1.165) is 11.1 Å². The Morgan fingerprint density at radius 2 is 2.06 bits per heavy atom. The first-order valence-electron chi connectivity index (χ1n) is 5.57. The second-order valence-electron chi connectivity index (χ2n) is 3.93. The maximum Gasteiger partial charge on any atom is 0.254 e. The molecular weight excluding hydrogens is 198 g/mol. The summed E-state index contributed by atoms with van der Waals surface area (Å²) in [6.45, 7) is 11.0. The molecule has 1 aromatic carbocycles. The summed E-state index contributed by atoms with van der Waals surface area (Å²) < 4.78 is 0. The molecule has 1 amide bonds. The zero-order valence-electron chi connectivity index (χ0n) is 10.3. The summed E-state index contributed by atoms with van der Waals surface area (Å²) in [6, 6.07) is 5.82. The van der Waals surface area contributed by atoms with Crippen LogP contribution in [0.4, 0.5) is 0 Å². The minimum atomic E-state index is 0.0745. The Morgan fingerprint density at radius 1 is 1.38 bits per heavy atom. The van der Waals surface area contributed by atoms with Crippen LogP contribution < -0.4 is 0 Å². The summed E-state index contributed by atoms with van der Waals surface area (Å²) in [5, 5.41) is 0. The number of likely N-dealkylation sites (N-methyl/N-ethyl adjacent to an activating group) is 1. The molecule has 86 valence electrons. The van der Waals surface area contributed by atoms with Gasteiger partial charge in [0, 0.05) is 18.7 Å². The molecule has 0 saturated heterocycles. The molecule has 0 spiro atoms. The summed E-state index contributed by atoms with van der Waals surface area (Å²) in [4.78, 5) is 13.9. The van der Waals surface area contributed by atoms with E-state index < -0.39 is 0 Å². The van der Waals surface area contributed by atoms with Gasteiger partial charge >= 0.3 is 0 Å². The zero-order chi connectivity index (χ0) is 12.1. The van der Waals surface area contributed by atoms with Gasteiger partial charge in [-0.1, -0.05) is 12.1 Å². The highest BCUT2D eigenvalue weighted by Crippen LogP contribution is 2.12. The normalized spacial score (nSPS) is 9.94. The number of hydrogen-bond donors (Lipinski definition) is 0. The predicted octanol–water partition coefficient (Wildman–Crippen LogP) is 2.95. The third-order valence-corrected chi connectivity index (χ3v) is 2.77. The van der Waals surface area contributed by atoms with E-state index in [1.54, 1.807) is 11.0 Å². The lowest BCUT2D eigenvalue weighted by atomic mass is 10.1. The molecule has 0 N–H and O–H groups in total. The minimum absolute atomic E-state index is 0.0745. The van der Waals surface area contributed by atoms with Crippen molar-refractivity contribution in [3.63, 3.8) is 0 Å². The van der Waals surface area contributed by atoms with Gasteiger partial charge < -0.3 is 4.90 Å². The SMILES string of the molecule is C=CCN(CC)C(=O)c1ccc(C)c(C)c1. The highest BCUT2D eigenvalue weighted by atomic mass is 16.2. The van der Waals surface area contributed by atoms with Crippen LogP contribution >= 0.6 is 0 Å². The molecular formula is C14H19NO. The Kier molecular flexibility index (Phi) is 4.29. The molecule has 0 aromatic heterocycles. The van der Waals surface area contributed by atoms with Crippen LogP contribution in [0.3, 0.4) is 0 Å². The van der Waals surface area contributed by atoms with Crippen LogP contribution in [0.15, 0.2) is 30.9 Å². The molecule has 16 heavy (non-hydrogen) atoms. The van der Waals surface area contributed by atoms with Gasteiger partial charge in [0.2, 0.25) is 0 Å². The fourth-order valence-corrected chi connectivity index (χ4v) is 1.57. The van der Waals surface area contributed by atoms with Gasteiger partial charge in [0.25, 0.3) is 5.91 Å². The molecule has 0 saturated carbocycles. The van der Waals surface area contributed by atoms with Crippen LogP contribution in [0.25, 0.3) is 0 Å².